The molecule has 3 aromatic rings. The van der Waals surface area contributed by atoms with E-state index in [9.17, 15) is 4.79 Å². The van der Waals surface area contributed by atoms with Crippen LogP contribution in [0.3, 0.4) is 0 Å². The molecule has 0 radical (unpaired) electrons. The number of hydrogen-bond acceptors (Lipinski definition) is 3. The fourth-order valence-electron chi connectivity index (χ4n) is 2.65. The summed E-state index contributed by atoms with van der Waals surface area (Å²) in [5.41, 5.74) is 2.38. The molecule has 24 heavy (non-hydrogen) atoms. The van der Waals surface area contributed by atoms with Gasteiger partial charge in [0.2, 0.25) is 5.56 Å². The van der Waals surface area contributed by atoms with Crippen molar-refractivity contribution in [2.75, 3.05) is 13.7 Å². The van der Waals surface area contributed by atoms with Crippen molar-refractivity contribution < 1.29 is 9.47 Å². The third-order valence-corrected chi connectivity index (χ3v) is 3.80. The third-order valence-electron chi connectivity index (χ3n) is 3.80. The second kappa shape index (κ2) is 6.79. The van der Waals surface area contributed by atoms with E-state index < -0.39 is 0 Å². The molecule has 0 atom stereocenters. The lowest BCUT2D eigenvalue weighted by Gasteiger charge is -2.15. The number of pyridine rings is 1. The summed E-state index contributed by atoms with van der Waals surface area (Å²) >= 11 is 0. The molecule has 4 heteroatoms. The molecule has 0 aliphatic heterocycles. The molecule has 0 saturated carbocycles. The minimum absolute atomic E-state index is 0.138. The molecule has 0 amide bonds. The van der Waals surface area contributed by atoms with Crippen LogP contribution in [0.15, 0.2) is 53.3 Å². The molecule has 124 valence electrons. The van der Waals surface area contributed by atoms with Crippen LogP contribution in [0, 0.1) is 5.92 Å². The lowest BCUT2D eigenvalue weighted by Crippen LogP contribution is -2.07. The highest BCUT2D eigenvalue weighted by molar-refractivity contribution is 5.96. The molecule has 0 aliphatic carbocycles. The van der Waals surface area contributed by atoms with Crippen molar-refractivity contribution >= 4 is 10.9 Å². The topological polar surface area (TPSA) is 51.3 Å². The van der Waals surface area contributed by atoms with Crippen molar-refractivity contribution in [1.29, 1.82) is 0 Å². The van der Waals surface area contributed by atoms with E-state index in [0.29, 0.717) is 12.5 Å². The number of aromatic nitrogens is 1. The van der Waals surface area contributed by atoms with Crippen molar-refractivity contribution in [3.63, 3.8) is 0 Å². The van der Waals surface area contributed by atoms with Crippen LogP contribution in [-0.4, -0.2) is 18.7 Å². The number of fused-ring (bicyclic) bond motifs is 1. The SMILES string of the molecule is COc1ccc2[nH]c(=O)cc(-c3ccccc3OCC(C)C)c2c1. The number of H-pyrrole nitrogens is 1. The number of ether oxygens (including phenoxy) is 2. The van der Waals surface area contributed by atoms with Gasteiger partial charge in [0.05, 0.1) is 13.7 Å². The number of benzene rings is 2. The van der Waals surface area contributed by atoms with Crippen molar-refractivity contribution in [3.05, 3.63) is 58.9 Å². The van der Waals surface area contributed by atoms with E-state index in [0.717, 1.165) is 33.5 Å². The summed E-state index contributed by atoms with van der Waals surface area (Å²) in [6.45, 7) is 4.84. The maximum atomic E-state index is 12.1. The first-order valence-electron chi connectivity index (χ1n) is 8.01. The van der Waals surface area contributed by atoms with Crippen LogP contribution in [0.1, 0.15) is 13.8 Å². The van der Waals surface area contributed by atoms with E-state index in [4.69, 9.17) is 9.47 Å². The summed E-state index contributed by atoms with van der Waals surface area (Å²) in [6.07, 6.45) is 0. The first kappa shape index (κ1) is 16.1. The summed E-state index contributed by atoms with van der Waals surface area (Å²) in [4.78, 5) is 15.0. The molecule has 1 heterocycles. The number of para-hydroxylation sites is 1. The summed E-state index contributed by atoms with van der Waals surface area (Å²) in [7, 11) is 1.63. The highest BCUT2D eigenvalue weighted by atomic mass is 16.5. The fourth-order valence-corrected chi connectivity index (χ4v) is 2.65. The first-order valence-corrected chi connectivity index (χ1v) is 8.01. The molecule has 0 unspecified atom stereocenters. The quantitative estimate of drug-likeness (QED) is 0.764. The first-order chi connectivity index (χ1) is 11.6. The van der Waals surface area contributed by atoms with Gasteiger partial charge >= 0.3 is 0 Å². The molecule has 3 rings (SSSR count). The van der Waals surface area contributed by atoms with Crippen LogP contribution in [0.5, 0.6) is 11.5 Å². The van der Waals surface area contributed by atoms with Gasteiger partial charge < -0.3 is 14.5 Å². The Morgan fingerprint density at radius 1 is 1.04 bits per heavy atom. The van der Waals surface area contributed by atoms with Crippen LogP contribution in [0.2, 0.25) is 0 Å². The Morgan fingerprint density at radius 2 is 1.83 bits per heavy atom. The Balaban J connectivity index is 2.20. The molecule has 0 saturated heterocycles. The van der Waals surface area contributed by atoms with E-state index >= 15 is 0 Å². The zero-order chi connectivity index (χ0) is 17.1. The van der Waals surface area contributed by atoms with Crippen LogP contribution in [-0.2, 0) is 0 Å². The van der Waals surface area contributed by atoms with Gasteiger partial charge in [0.15, 0.2) is 0 Å². The second-order valence-electron chi connectivity index (χ2n) is 6.16. The van der Waals surface area contributed by atoms with Crippen molar-refractivity contribution in [2.24, 2.45) is 5.92 Å². The number of aromatic amines is 1. The Labute approximate surface area is 141 Å². The van der Waals surface area contributed by atoms with E-state index in [2.05, 4.69) is 18.8 Å². The molecule has 2 aromatic carbocycles. The van der Waals surface area contributed by atoms with Crippen molar-refractivity contribution in [2.45, 2.75) is 13.8 Å². The van der Waals surface area contributed by atoms with Gasteiger partial charge in [0, 0.05) is 28.1 Å². The van der Waals surface area contributed by atoms with E-state index in [1.54, 1.807) is 13.2 Å². The summed E-state index contributed by atoms with van der Waals surface area (Å²) in [6, 6.07) is 15.0. The van der Waals surface area contributed by atoms with Crippen LogP contribution < -0.4 is 15.0 Å². The third kappa shape index (κ3) is 3.27. The lowest BCUT2D eigenvalue weighted by atomic mass is 10.00. The molecular formula is C20H21NO3. The van der Waals surface area contributed by atoms with Crippen LogP contribution in [0.4, 0.5) is 0 Å². The molecule has 0 spiro atoms. The number of methoxy groups -OCH3 is 1. The Kier molecular flexibility index (Phi) is 4.56. The largest absolute Gasteiger partial charge is 0.497 e. The summed E-state index contributed by atoms with van der Waals surface area (Å²) in [5, 5.41) is 0.926. The number of nitrogens with one attached hydrogen (secondary N) is 1. The van der Waals surface area contributed by atoms with Gasteiger partial charge in [-0.3, -0.25) is 4.79 Å². The van der Waals surface area contributed by atoms with Gasteiger partial charge in [-0.25, -0.2) is 0 Å². The summed E-state index contributed by atoms with van der Waals surface area (Å²) in [5.74, 6) is 1.95. The highest BCUT2D eigenvalue weighted by Gasteiger charge is 2.12. The average Bonchev–Trinajstić information content (AvgIpc) is 2.59. The molecule has 0 bridgehead atoms. The van der Waals surface area contributed by atoms with Gasteiger partial charge in [-0.1, -0.05) is 32.0 Å². The van der Waals surface area contributed by atoms with Crippen molar-refractivity contribution in [3.8, 4) is 22.6 Å². The van der Waals surface area contributed by atoms with Crippen molar-refractivity contribution in [1.82, 2.24) is 4.98 Å². The Hall–Kier alpha value is -2.75. The number of hydrogen-bond donors (Lipinski definition) is 1. The van der Waals surface area contributed by atoms with Crippen LogP contribution >= 0.6 is 0 Å². The maximum absolute atomic E-state index is 12.1. The second-order valence-corrected chi connectivity index (χ2v) is 6.16. The zero-order valence-electron chi connectivity index (χ0n) is 14.1. The standard InChI is InChI=1S/C20H21NO3/c1-13(2)12-24-19-7-5-4-6-15(19)16-11-20(22)21-18-9-8-14(23-3)10-17(16)18/h4-11,13H,12H2,1-3H3,(H,21,22). The highest BCUT2D eigenvalue weighted by Crippen LogP contribution is 2.35. The van der Waals surface area contributed by atoms with Gasteiger partial charge in [0.25, 0.3) is 0 Å². The number of rotatable bonds is 5. The minimum Gasteiger partial charge on any atom is -0.497 e. The Bertz CT molecular complexity index is 912. The monoisotopic (exact) mass is 323 g/mol. The minimum atomic E-state index is -0.138. The average molecular weight is 323 g/mol. The van der Waals surface area contributed by atoms with E-state index in [1.807, 2.05) is 42.5 Å². The Morgan fingerprint density at radius 3 is 2.58 bits per heavy atom. The smallest absolute Gasteiger partial charge is 0.249 e. The molecule has 4 nitrogen and oxygen atoms in total. The van der Waals surface area contributed by atoms with Gasteiger partial charge in [0.1, 0.15) is 11.5 Å². The maximum Gasteiger partial charge on any atom is 0.249 e. The molecule has 1 N–H and O–H groups in total. The van der Waals surface area contributed by atoms with Crippen LogP contribution in [0.25, 0.3) is 22.0 Å². The molecule has 1 aromatic heterocycles. The van der Waals surface area contributed by atoms with Gasteiger partial charge in [-0.05, 0) is 30.2 Å². The molecular weight excluding hydrogens is 302 g/mol. The predicted octanol–water partition coefficient (Wildman–Crippen LogP) is 4.24. The molecule has 0 aliphatic rings. The van der Waals surface area contributed by atoms with Gasteiger partial charge in [-0.15, -0.1) is 0 Å². The fraction of sp³-hybridized carbons (Fsp3) is 0.250. The van der Waals surface area contributed by atoms with E-state index in [-0.39, 0.29) is 5.56 Å². The lowest BCUT2D eigenvalue weighted by molar-refractivity contribution is 0.272. The van der Waals surface area contributed by atoms with E-state index in [1.165, 1.54) is 0 Å². The normalized spacial score (nSPS) is 11.0. The summed E-state index contributed by atoms with van der Waals surface area (Å²) < 4.78 is 11.3. The predicted molar refractivity (Wildman–Crippen MR) is 96.9 cm³/mol. The van der Waals surface area contributed by atoms with Gasteiger partial charge in [-0.2, -0.15) is 0 Å². The molecule has 0 fully saturated rings. The zero-order valence-corrected chi connectivity index (χ0v) is 14.1.